The fourth-order valence-electron chi connectivity index (χ4n) is 2.81. The molecule has 3 rings (SSSR count). The molecule has 1 heterocycles. The monoisotopic (exact) mass is 323 g/mol. The molecule has 3 amide bonds. The van der Waals surface area contributed by atoms with E-state index in [1.165, 1.54) is 0 Å². The summed E-state index contributed by atoms with van der Waals surface area (Å²) >= 11 is 0. The van der Waals surface area contributed by atoms with Crippen LogP contribution in [0.2, 0.25) is 0 Å². The molecule has 2 aromatic rings. The van der Waals surface area contributed by atoms with Crippen LogP contribution in [0.5, 0.6) is 0 Å². The van der Waals surface area contributed by atoms with Gasteiger partial charge in [0.1, 0.15) is 0 Å². The van der Waals surface area contributed by atoms with E-state index in [0.717, 1.165) is 36.4 Å². The predicted octanol–water partition coefficient (Wildman–Crippen LogP) is 3.13. The second kappa shape index (κ2) is 7.17. The fourth-order valence-corrected chi connectivity index (χ4v) is 2.81. The largest absolute Gasteiger partial charge is 0.327 e. The van der Waals surface area contributed by atoms with Gasteiger partial charge in [-0.1, -0.05) is 30.3 Å². The van der Waals surface area contributed by atoms with Crippen LogP contribution in [-0.2, 0) is 11.2 Å². The summed E-state index contributed by atoms with van der Waals surface area (Å²) in [5.74, 6) is -0.0530. The molecule has 0 radical (unpaired) electrons. The molecule has 0 aromatic heterocycles. The molecule has 0 bridgehead atoms. The molecular formula is C19H21N3O2. The van der Waals surface area contributed by atoms with Gasteiger partial charge in [-0.05, 0) is 36.2 Å². The Balaban J connectivity index is 1.62. The van der Waals surface area contributed by atoms with Crippen molar-refractivity contribution in [1.82, 2.24) is 4.90 Å². The number of urea groups is 1. The maximum absolute atomic E-state index is 12.2. The zero-order valence-corrected chi connectivity index (χ0v) is 13.7. The number of hydrogen-bond acceptors (Lipinski definition) is 2. The SMILES string of the molecule is CN1CCCN(c2ccc(NC(=O)Cc3ccccc3)cc2)C1=O. The molecule has 0 unspecified atom stereocenters. The first-order chi connectivity index (χ1) is 11.6. The smallest absolute Gasteiger partial charge is 0.324 e. The first kappa shape index (κ1) is 16.1. The molecule has 2 aromatic carbocycles. The molecule has 1 fully saturated rings. The molecule has 0 atom stereocenters. The highest BCUT2D eigenvalue weighted by atomic mass is 16.2. The minimum atomic E-state index is -0.0530. The summed E-state index contributed by atoms with van der Waals surface area (Å²) in [5, 5.41) is 2.89. The van der Waals surface area contributed by atoms with Crippen molar-refractivity contribution < 1.29 is 9.59 Å². The Morgan fingerprint density at radius 2 is 1.75 bits per heavy atom. The average molecular weight is 323 g/mol. The summed E-state index contributed by atoms with van der Waals surface area (Å²) in [4.78, 5) is 27.7. The van der Waals surface area contributed by atoms with Crippen LogP contribution in [0.1, 0.15) is 12.0 Å². The van der Waals surface area contributed by atoms with Crippen molar-refractivity contribution in [2.45, 2.75) is 12.8 Å². The first-order valence-electron chi connectivity index (χ1n) is 8.10. The first-order valence-corrected chi connectivity index (χ1v) is 8.10. The van der Waals surface area contributed by atoms with Gasteiger partial charge in [-0.2, -0.15) is 0 Å². The van der Waals surface area contributed by atoms with Crippen molar-refractivity contribution in [2.24, 2.45) is 0 Å². The highest BCUT2D eigenvalue weighted by molar-refractivity contribution is 5.94. The third kappa shape index (κ3) is 3.74. The Hall–Kier alpha value is -2.82. The Bertz CT molecular complexity index is 713. The highest BCUT2D eigenvalue weighted by Crippen LogP contribution is 2.21. The summed E-state index contributed by atoms with van der Waals surface area (Å²) in [6.45, 7) is 1.52. The van der Waals surface area contributed by atoms with Gasteiger partial charge in [-0.15, -0.1) is 0 Å². The Labute approximate surface area is 141 Å². The van der Waals surface area contributed by atoms with E-state index in [-0.39, 0.29) is 11.9 Å². The quantitative estimate of drug-likeness (QED) is 0.940. The second-order valence-electron chi connectivity index (χ2n) is 5.97. The number of amides is 3. The third-order valence-electron chi connectivity index (χ3n) is 4.10. The maximum atomic E-state index is 12.2. The standard InChI is InChI=1S/C19H21N3O2/c1-21-12-5-13-22(19(21)24)17-10-8-16(9-11-17)20-18(23)14-15-6-3-2-4-7-15/h2-4,6-11H,5,12-14H2,1H3,(H,20,23). The number of rotatable bonds is 4. The van der Waals surface area contributed by atoms with E-state index < -0.39 is 0 Å². The Kier molecular flexibility index (Phi) is 4.79. The Morgan fingerprint density at radius 3 is 2.46 bits per heavy atom. The van der Waals surface area contributed by atoms with Crippen molar-refractivity contribution in [2.75, 3.05) is 30.4 Å². The summed E-state index contributed by atoms with van der Waals surface area (Å²) in [6.07, 6.45) is 1.30. The molecule has 0 spiro atoms. The molecular weight excluding hydrogens is 302 g/mol. The van der Waals surface area contributed by atoms with Crippen LogP contribution < -0.4 is 10.2 Å². The normalized spacial score (nSPS) is 14.6. The molecule has 0 aliphatic carbocycles. The van der Waals surface area contributed by atoms with Crippen LogP contribution >= 0.6 is 0 Å². The highest BCUT2D eigenvalue weighted by Gasteiger charge is 2.23. The number of carbonyl (C=O) groups excluding carboxylic acids is 2. The number of nitrogens with one attached hydrogen (secondary N) is 1. The van der Waals surface area contributed by atoms with E-state index in [2.05, 4.69) is 5.32 Å². The van der Waals surface area contributed by atoms with E-state index in [0.29, 0.717) is 6.42 Å². The summed E-state index contributed by atoms with van der Waals surface area (Å²) < 4.78 is 0. The summed E-state index contributed by atoms with van der Waals surface area (Å²) in [6, 6.07) is 17.1. The van der Waals surface area contributed by atoms with E-state index in [1.54, 1.807) is 9.80 Å². The number of hydrogen-bond donors (Lipinski definition) is 1. The van der Waals surface area contributed by atoms with Crippen molar-refractivity contribution in [3.63, 3.8) is 0 Å². The van der Waals surface area contributed by atoms with E-state index in [4.69, 9.17) is 0 Å². The van der Waals surface area contributed by atoms with Crippen LogP contribution in [0.4, 0.5) is 16.2 Å². The fraction of sp³-hybridized carbons (Fsp3) is 0.263. The van der Waals surface area contributed by atoms with Crippen molar-refractivity contribution >= 4 is 23.3 Å². The van der Waals surface area contributed by atoms with Gasteiger partial charge in [0.15, 0.2) is 0 Å². The van der Waals surface area contributed by atoms with Gasteiger partial charge in [-0.3, -0.25) is 9.69 Å². The Morgan fingerprint density at radius 1 is 1.04 bits per heavy atom. The maximum Gasteiger partial charge on any atom is 0.324 e. The lowest BCUT2D eigenvalue weighted by molar-refractivity contribution is -0.115. The topological polar surface area (TPSA) is 52.6 Å². The lowest BCUT2D eigenvalue weighted by atomic mass is 10.1. The number of anilines is 2. The number of benzene rings is 2. The van der Waals surface area contributed by atoms with Gasteiger partial charge in [-0.25, -0.2) is 4.79 Å². The van der Waals surface area contributed by atoms with E-state index >= 15 is 0 Å². The second-order valence-corrected chi connectivity index (χ2v) is 5.97. The van der Waals surface area contributed by atoms with Crippen LogP contribution in [0.3, 0.4) is 0 Å². The van der Waals surface area contributed by atoms with Crippen molar-refractivity contribution in [3.8, 4) is 0 Å². The zero-order valence-electron chi connectivity index (χ0n) is 13.7. The van der Waals surface area contributed by atoms with E-state index in [9.17, 15) is 9.59 Å². The van der Waals surface area contributed by atoms with Gasteiger partial charge >= 0.3 is 6.03 Å². The lowest BCUT2D eigenvalue weighted by Gasteiger charge is -2.33. The predicted molar refractivity (Wildman–Crippen MR) is 95.2 cm³/mol. The van der Waals surface area contributed by atoms with Gasteiger partial charge in [0.05, 0.1) is 6.42 Å². The molecule has 124 valence electrons. The molecule has 1 aliphatic rings. The molecule has 24 heavy (non-hydrogen) atoms. The minimum Gasteiger partial charge on any atom is -0.327 e. The summed E-state index contributed by atoms with van der Waals surface area (Å²) in [5.41, 5.74) is 2.57. The molecule has 1 saturated heterocycles. The average Bonchev–Trinajstić information content (AvgIpc) is 2.59. The third-order valence-corrected chi connectivity index (χ3v) is 4.10. The molecule has 5 heteroatoms. The zero-order chi connectivity index (χ0) is 16.9. The molecule has 5 nitrogen and oxygen atoms in total. The van der Waals surface area contributed by atoms with Crippen molar-refractivity contribution in [3.05, 3.63) is 60.2 Å². The van der Waals surface area contributed by atoms with Gasteiger partial charge in [0, 0.05) is 31.5 Å². The van der Waals surface area contributed by atoms with Gasteiger partial charge in [0.2, 0.25) is 5.91 Å². The van der Waals surface area contributed by atoms with E-state index in [1.807, 2.05) is 61.6 Å². The van der Waals surface area contributed by atoms with Gasteiger partial charge in [0.25, 0.3) is 0 Å². The van der Waals surface area contributed by atoms with Crippen LogP contribution in [0.25, 0.3) is 0 Å². The minimum absolute atomic E-state index is 0.0158. The van der Waals surface area contributed by atoms with Crippen LogP contribution in [0.15, 0.2) is 54.6 Å². The van der Waals surface area contributed by atoms with Crippen molar-refractivity contribution in [1.29, 1.82) is 0 Å². The molecule has 0 saturated carbocycles. The lowest BCUT2D eigenvalue weighted by Crippen LogP contribution is -2.47. The summed E-state index contributed by atoms with van der Waals surface area (Å²) in [7, 11) is 1.81. The number of nitrogens with zero attached hydrogens (tertiary/aromatic N) is 2. The molecule has 1 N–H and O–H groups in total. The molecule has 1 aliphatic heterocycles. The van der Waals surface area contributed by atoms with Gasteiger partial charge < -0.3 is 10.2 Å². The van der Waals surface area contributed by atoms with Crippen LogP contribution in [-0.4, -0.2) is 37.0 Å². The van der Waals surface area contributed by atoms with Crippen LogP contribution in [0, 0.1) is 0 Å². The number of carbonyl (C=O) groups is 2.